The number of aliphatic hydroxyl groups is 1. The number of esters is 1. The van der Waals surface area contributed by atoms with E-state index in [1.807, 2.05) is 0 Å². The van der Waals surface area contributed by atoms with Crippen molar-refractivity contribution in [3.8, 4) is 0 Å². The maximum atomic E-state index is 13.4. The molecule has 5 heteroatoms. The third-order valence-corrected chi connectivity index (χ3v) is 20.0. The van der Waals surface area contributed by atoms with Gasteiger partial charge in [-0.05, 0) is 130 Å². The Kier molecular flexibility index (Phi) is 6.64. The summed E-state index contributed by atoms with van der Waals surface area (Å²) in [7, 11) is -1.85. The molecule has 232 valence electrons. The fourth-order valence-electron chi connectivity index (χ4n) is 12.3. The molecule has 5 saturated carbocycles. The average molecular weight is 585 g/mol. The van der Waals surface area contributed by atoms with Crippen molar-refractivity contribution in [2.24, 2.45) is 50.7 Å². The second kappa shape index (κ2) is 8.96. The minimum absolute atomic E-state index is 0.0395. The SMILES string of the molecule is CC(C)=CCCC12CC13C1CC(O)C4[C@@]5(C)CCC(O[Si](C)(C)C(C)(C)C)C(C)C5CC[C@]4(C)[C@@]1(C)C[C@@H]3OC2=O. The van der Waals surface area contributed by atoms with Crippen LogP contribution in [0.5, 0.6) is 0 Å². The number of aliphatic hydroxyl groups excluding tert-OH is 1. The Balaban J connectivity index is 1.29. The highest BCUT2D eigenvalue weighted by Gasteiger charge is 2.89. The Labute approximate surface area is 251 Å². The lowest BCUT2D eigenvalue weighted by Gasteiger charge is -2.69. The molecule has 0 amide bonds. The predicted octanol–water partition coefficient (Wildman–Crippen LogP) is 8.68. The second-order valence-corrected chi connectivity index (χ2v) is 23.1. The summed E-state index contributed by atoms with van der Waals surface area (Å²) >= 11 is 0. The van der Waals surface area contributed by atoms with Crippen LogP contribution in [0.25, 0.3) is 0 Å². The molecule has 0 aromatic rings. The fourth-order valence-corrected chi connectivity index (χ4v) is 13.7. The molecule has 0 radical (unpaired) electrons. The van der Waals surface area contributed by atoms with E-state index in [2.05, 4.69) is 81.5 Å². The molecule has 1 heterocycles. The summed E-state index contributed by atoms with van der Waals surface area (Å²) in [6.45, 7) is 26.2. The molecule has 6 aliphatic rings. The molecule has 41 heavy (non-hydrogen) atoms. The van der Waals surface area contributed by atoms with Crippen LogP contribution in [-0.4, -0.2) is 37.7 Å². The van der Waals surface area contributed by atoms with Crippen LogP contribution in [-0.2, 0) is 14.0 Å². The van der Waals surface area contributed by atoms with Gasteiger partial charge in [-0.3, -0.25) is 4.79 Å². The van der Waals surface area contributed by atoms with Gasteiger partial charge in [0.2, 0.25) is 0 Å². The molecule has 0 aromatic heterocycles. The molecule has 1 spiro atoms. The number of carbonyl (C=O) groups excluding carboxylic acids is 1. The molecular formula is C36H60O4Si. The standard InChI is InChI=1S/C36H60O4Si/c1-22(2)13-12-16-35-21-36(35)27-19-25(37)29-32(7)17-15-26(40-41(10,11)31(4,5)6)23(3)24(32)14-18-33(29,8)34(27,9)20-28(36)39-30(35)38/h13,23-29,37H,12,14-21H2,1-11H3/t23?,24?,25?,26?,27?,28-,29?,32-,33-,34-,35?,36?/m0/s1. The molecular weight excluding hydrogens is 524 g/mol. The molecule has 1 saturated heterocycles. The minimum Gasteiger partial charge on any atom is -0.461 e. The van der Waals surface area contributed by atoms with Gasteiger partial charge in [0.1, 0.15) is 6.10 Å². The number of ether oxygens (including phenoxy) is 1. The van der Waals surface area contributed by atoms with Crippen molar-refractivity contribution >= 4 is 14.3 Å². The van der Waals surface area contributed by atoms with Gasteiger partial charge in [0.15, 0.2) is 8.32 Å². The lowest BCUT2D eigenvalue weighted by molar-refractivity contribution is -0.240. The highest BCUT2D eigenvalue weighted by Crippen LogP contribution is 2.88. The van der Waals surface area contributed by atoms with Crippen molar-refractivity contribution in [3.63, 3.8) is 0 Å². The molecule has 4 nitrogen and oxygen atoms in total. The number of carbonyl (C=O) groups is 1. The molecule has 5 aliphatic carbocycles. The molecule has 0 bridgehead atoms. The summed E-state index contributed by atoms with van der Waals surface area (Å²) in [5.74, 6) is 1.82. The number of hydrogen-bond acceptors (Lipinski definition) is 4. The molecule has 1 N–H and O–H groups in total. The average Bonchev–Trinajstić information content (AvgIpc) is 3.37. The Hall–Kier alpha value is -0.653. The van der Waals surface area contributed by atoms with Crippen LogP contribution in [0.4, 0.5) is 0 Å². The highest BCUT2D eigenvalue weighted by molar-refractivity contribution is 6.74. The van der Waals surface area contributed by atoms with Gasteiger partial charge < -0.3 is 14.3 Å². The van der Waals surface area contributed by atoms with Gasteiger partial charge >= 0.3 is 5.97 Å². The normalized spacial score (nSPS) is 52.0. The van der Waals surface area contributed by atoms with Crippen molar-refractivity contribution in [1.82, 2.24) is 0 Å². The first-order chi connectivity index (χ1) is 18.8. The lowest BCUT2D eigenvalue weighted by Crippen LogP contribution is -2.66. The quantitative estimate of drug-likeness (QED) is 0.200. The van der Waals surface area contributed by atoms with Gasteiger partial charge in [-0.1, -0.05) is 60.1 Å². The number of fused-ring (bicyclic) bond motifs is 5. The molecule has 0 aromatic carbocycles. The van der Waals surface area contributed by atoms with Gasteiger partial charge in [0.05, 0.1) is 11.5 Å². The van der Waals surface area contributed by atoms with Crippen LogP contribution in [0, 0.1) is 50.7 Å². The summed E-state index contributed by atoms with van der Waals surface area (Å²) in [5.41, 5.74) is 1.21. The predicted molar refractivity (Wildman–Crippen MR) is 168 cm³/mol. The van der Waals surface area contributed by atoms with Crippen molar-refractivity contribution < 1.29 is 19.1 Å². The van der Waals surface area contributed by atoms with Crippen LogP contribution in [0.3, 0.4) is 0 Å². The minimum atomic E-state index is -1.85. The lowest BCUT2D eigenvalue weighted by atomic mass is 9.36. The monoisotopic (exact) mass is 584 g/mol. The van der Waals surface area contributed by atoms with Crippen LogP contribution in [0.1, 0.15) is 120 Å². The number of allylic oxidation sites excluding steroid dienone is 2. The van der Waals surface area contributed by atoms with E-state index in [1.54, 1.807) is 0 Å². The van der Waals surface area contributed by atoms with E-state index in [-0.39, 0.29) is 56.2 Å². The topological polar surface area (TPSA) is 55.8 Å². The molecule has 12 atom stereocenters. The first kappa shape index (κ1) is 30.4. The Bertz CT molecular complexity index is 1130. The third kappa shape index (κ3) is 3.73. The maximum Gasteiger partial charge on any atom is 0.313 e. The summed E-state index contributed by atoms with van der Waals surface area (Å²) < 4.78 is 13.4. The van der Waals surface area contributed by atoms with E-state index in [4.69, 9.17) is 9.16 Å². The van der Waals surface area contributed by atoms with Gasteiger partial charge in [-0.2, -0.15) is 0 Å². The van der Waals surface area contributed by atoms with Crippen molar-refractivity contribution in [2.75, 3.05) is 0 Å². The number of rotatable bonds is 5. The zero-order valence-corrected chi connectivity index (χ0v) is 29.2. The van der Waals surface area contributed by atoms with Crippen LogP contribution in [0.15, 0.2) is 11.6 Å². The van der Waals surface area contributed by atoms with E-state index in [9.17, 15) is 9.90 Å². The first-order valence-electron chi connectivity index (χ1n) is 17.0. The smallest absolute Gasteiger partial charge is 0.313 e. The van der Waals surface area contributed by atoms with Crippen molar-refractivity contribution in [2.45, 2.75) is 157 Å². The maximum absolute atomic E-state index is 13.4. The van der Waals surface area contributed by atoms with E-state index < -0.39 is 8.32 Å². The van der Waals surface area contributed by atoms with Gasteiger partial charge in [0.25, 0.3) is 0 Å². The van der Waals surface area contributed by atoms with Gasteiger partial charge in [0, 0.05) is 11.5 Å². The zero-order valence-electron chi connectivity index (χ0n) is 28.2. The molecule has 8 unspecified atom stereocenters. The van der Waals surface area contributed by atoms with Crippen LogP contribution in [0.2, 0.25) is 18.1 Å². The van der Waals surface area contributed by atoms with E-state index in [1.165, 1.54) is 18.4 Å². The third-order valence-electron chi connectivity index (χ3n) is 15.5. The van der Waals surface area contributed by atoms with E-state index >= 15 is 0 Å². The Morgan fingerprint density at radius 3 is 2.44 bits per heavy atom. The van der Waals surface area contributed by atoms with Crippen LogP contribution < -0.4 is 0 Å². The van der Waals surface area contributed by atoms with Gasteiger partial charge in [-0.15, -0.1) is 0 Å². The van der Waals surface area contributed by atoms with Crippen LogP contribution >= 0.6 is 0 Å². The fraction of sp³-hybridized carbons (Fsp3) is 0.917. The van der Waals surface area contributed by atoms with Crippen molar-refractivity contribution in [3.05, 3.63) is 11.6 Å². The molecule has 1 aliphatic heterocycles. The summed E-state index contributed by atoms with van der Waals surface area (Å²) in [6.07, 6.45) is 11.7. The summed E-state index contributed by atoms with van der Waals surface area (Å²) in [4.78, 5) is 13.4. The number of hydrogen-bond donors (Lipinski definition) is 1. The van der Waals surface area contributed by atoms with E-state index in [0.29, 0.717) is 23.9 Å². The summed E-state index contributed by atoms with van der Waals surface area (Å²) in [5, 5.41) is 12.5. The Morgan fingerprint density at radius 1 is 1.12 bits per heavy atom. The zero-order chi connectivity index (χ0) is 30.2. The van der Waals surface area contributed by atoms with E-state index in [0.717, 1.165) is 44.9 Å². The molecule has 6 rings (SSSR count). The Morgan fingerprint density at radius 2 is 1.80 bits per heavy atom. The summed E-state index contributed by atoms with van der Waals surface area (Å²) in [6, 6.07) is 0. The second-order valence-electron chi connectivity index (χ2n) is 18.4. The highest BCUT2D eigenvalue weighted by atomic mass is 28.4. The molecule has 6 fully saturated rings. The van der Waals surface area contributed by atoms with Crippen molar-refractivity contribution in [1.29, 1.82) is 0 Å². The first-order valence-corrected chi connectivity index (χ1v) is 19.9. The largest absolute Gasteiger partial charge is 0.461 e. The van der Waals surface area contributed by atoms with Gasteiger partial charge in [-0.25, -0.2) is 0 Å².